The van der Waals surface area contributed by atoms with E-state index in [0.717, 1.165) is 17.6 Å². The predicted octanol–water partition coefficient (Wildman–Crippen LogP) is 0.644. The lowest BCUT2D eigenvalue weighted by Crippen LogP contribution is -2.26. The summed E-state index contributed by atoms with van der Waals surface area (Å²) in [5, 5.41) is 1.54. The Morgan fingerprint density at radius 1 is 1.08 bits per heavy atom. The third-order valence-corrected chi connectivity index (χ3v) is 5.28. The van der Waals surface area contributed by atoms with Crippen LogP contribution in [0.15, 0.2) is 12.1 Å². The van der Waals surface area contributed by atoms with E-state index in [1.807, 2.05) is 0 Å². The lowest BCUT2D eigenvalue weighted by atomic mass is 10.1. The molecular formula is C9H11Si3. The van der Waals surface area contributed by atoms with Crippen LogP contribution in [-0.2, 0) is 0 Å². The minimum atomic E-state index is 0.858. The van der Waals surface area contributed by atoms with E-state index in [9.17, 15) is 0 Å². The van der Waals surface area contributed by atoms with E-state index in [1.165, 1.54) is 21.9 Å². The number of benzene rings is 1. The van der Waals surface area contributed by atoms with Crippen LogP contribution in [0, 0.1) is 20.8 Å². The molecule has 0 atom stereocenters. The molecule has 0 aliphatic heterocycles. The molecule has 0 saturated carbocycles. The summed E-state index contributed by atoms with van der Waals surface area (Å²) in [4.78, 5) is 0. The van der Waals surface area contributed by atoms with Gasteiger partial charge >= 0.3 is 0 Å². The van der Waals surface area contributed by atoms with Crippen molar-refractivity contribution in [1.82, 2.24) is 0 Å². The Hall–Kier alpha value is -0.129. The number of rotatable bonds is 2. The van der Waals surface area contributed by atoms with Crippen LogP contribution < -0.4 is 5.19 Å². The molecule has 0 aromatic heterocycles. The molecule has 59 valence electrons. The van der Waals surface area contributed by atoms with Crippen molar-refractivity contribution in [2.24, 2.45) is 0 Å². The summed E-state index contributed by atoms with van der Waals surface area (Å²) >= 11 is 0. The lowest BCUT2D eigenvalue weighted by Gasteiger charge is -2.08. The molecule has 0 N–H and O–H groups in total. The molecule has 12 heavy (non-hydrogen) atoms. The van der Waals surface area contributed by atoms with Crippen molar-refractivity contribution in [1.29, 1.82) is 0 Å². The van der Waals surface area contributed by atoms with Crippen LogP contribution in [0.3, 0.4) is 0 Å². The Balaban J connectivity index is 3.10. The summed E-state index contributed by atoms with van der Waals surface area (Å²) in [6.45, 7) is 6.56. The number of aryl methyl sites for hydroxylation is 3. The summed E-state index contributed by atoms with van der Waals surface area (Å²) in [7, 11) is 5.34. The van der Waals surface area contributed by atoms with Gasteiger partial charge in [-0.15, -0.1) is 0 Å². The van der Waals surface area contributed by atoms with Gasteiger partial charge in [0.05, 0.1) is 9.04 Å². The topological polar surface area (TPSA) is 0 Å². The molecule has 0 spiro atoms. The fourth-order valence-electron chi connectivity index (χ4n) is 1.44. The maximum atomic E-state index is 3.56. The highest BCUT2D eigenvalue weighted by Gasteiger charge is 2.02. The van der Waals surface area contributed by atoms with Crippen LogP contribution in [-0.4, -0.2) is 27.4 Å². The normalized spacial score (nSPS) is 10.3. The molecule has 0 saturated heterocycles. The van der Waals surface area contributed by atoms with Crippen LogP contribution in [0.5, 0.6) is 0 Å². The second-order valence-electron chi connectivity index (χ2n) is 3.02. The van der Waals surface area contributed by atoms with Crippen molar-refractivity contribution in [3.05, 3.63) is 28.8 Å². The average molecular weight is 203 g/mol. The molecule has 0 aliphatic rings. The molecule has 7 radical (unpaired) electrons. The monoisotopic (exact) mass is 203 g/mol. The first-order chi connectivity index (χ1) is 5.65. The molecular weight excluding hydrogens is 192 g/mol. The molecule has 1 aromatic rings. The SMILES string of the molecule is Cc1cc(C)c([Si][Si][Si])c(C)c1. The fraction of sp³-hybridized carbons (Fsp3) is 0.333. The van der Waals surface area contributed by atoms with Gasteiger partial charge < -0.3 is 0 Å². The van der Waals surface area contributed by atoms with Crippen molar-refractivity contribution < 1.29 is 0 Å². The standard InChI is InChI=1S/C9H11Si3/c1-6-4-7(2)9(11-12-10)8(3)5-6/h4-5H,1-3H3. The highest BCUT2D eigenvalue weighted by atomic mass is 29.5. The zero-order chi connectivity index (χ0) is 9.14. The second kappa shape index (κ2) is 4.20. The highest BCUT2D eigenvalue weighted by molar-refractivity contribution is 7.27. The Bertz CT molecular complexity index is 258. The first-order valence-corrected chi connectivity index (χ1v) is 8.40. The number of hydrogen-bond donors (Lipinski definition) is 0. The minimum absolute atomic E-state index is 0.858. The van der Waals surface area contributed by atoms with E-state index in [-0.39, 0.29) is 0 Å². The number of hydrogen-bond acceptors (Lipinski definition) is 0. The molecule has 0 heterocycles. The van der Waals surface area contributed by atoms with Gasteiger partial charge in [0, 0.05) is 18.3 Å². The second-order valence-corrected chi connectivity index (χ2v) is 7.77. The molecule has 0 aliphatic carbocycles. The molecule has 1 aromatic carbocycles. The minimum Gasteiger partial charge on any atom is -0.0624 e. The summed E-state index contributed by atoms with van der Waals surface area (Å²) in [6, 6.07) is 4.53. The molecule has 0 nitrogen and oxygen atoms in total. The van der Waals surface area contributed by atoms with Crippen molar-refractivity contribution in [3.8, 4) is 0 Å². The molecule has 0 bridgehead atoms. The highest BCUT2D eigenvalue weighted by Crippen LogP contribution is 2.04. The Kier molecular flexibility index (Phi) is 3.49. The quantitative estimate of drug-likeness (QED) is 0.619. The summed E-state index contributed by atoms with van der Waals surface area (Å²) in [5.41, 5.74) is 4.25. The lowest BCUT2D eigenvalue weighted by molar-refractivity contribution is 1.35. The van der Waals surface area contributed by atoms with Crippen molar-refractivity contribution in [2.45, 2.75) is 20.8 Å². The van der Waals surface area contributed by atoms with E-state index >= 15 is 0 Å². The maximum absolute atomic E-state index is 3.56. The Morgan fingerprint density at radius 2 is 1.58 bits per heavy atom. The third kappa shape index (κ3) is 2.18. The molecule has 0 fully saturated rings. The third-order valence-electron chi connectivity index (χ3n) is 1.86. The Labute approximate surface area is 82.4 Å². The van der Waals surface area contributed by atoms with E-state index < -0.39 is 0 Å². The average Bonchev–Trinajstić information content (AvgIpc) is 1.96. The largest absolute Gasteiger partial charge is 0.0624 e. The van der Waals surface area contributed by atoms with Gasteiger partial charge in [-0.25, -0.2) is 0 Å². The van der Waals surface area contributed by atoms with Gasteiger partial charge in [0.2, 0.25) is 0 Å². The van der Waals surface area contributed by atoms with E-state index in [0.29, 0.717) is 0 Å². The summed E-state index contributed by atoms with van der Waals surface area (Å²) in [5.74, 6) is 0. The molecule has 1 rings (SSSR count). The first-order valence-electron chi connectivity index (χ1n) is 3.90. The molecule has 3 heteroatoms. The maximum Gasteiger partial charge on any atom is 0.0611 e. The van der Waals surface area contributed by atoms with Crippen molar-refractivity contribution in [2.75, 3.05) is 0 Å². The van der Waals surface area contributed by atoms with Gasteiger partial charge in [0.15, 0.2) is 0 Å². The fourth-order valence-corrected chi connectivity index (χ4v) is 4.79. The molecule has 0 unspecified atom stereocenters. The first kappa shape index (κ1) is 9.95. The Morgan fingerprint density at radius 3 is 2.00 bits per heavy atom. The summed E-state index contributed by atoms with van der Waals surface area (Å²) in [6.07, 6.45) is 0. The van der Waals surface area contributed by atoms with Crippen LogP contribution in [0.2, 0.25) is 0 Å². The zero-order valence-electron chi connectivity index (χ0n) is 7.65. The van der Waals surface area contributed by atoms with E-state index in [2.05, 4.69) is 42.7 Å². The van der Waals surface area contributed by atoms with Crippen LogP contribution >= 0.6 is 0 Å². The smallest absolute Gasteiger partial charge is 0.0611 e. The zero-order valence-corrected chi connectivity index (χ0v) is 10.7. The van der Waals surface area contributed by atoms with Crippen molar-refractivity contribution in [3.63, 3.8) is 0 Å². The van der Waals surface area contributed by atoms with Crippen LogP contribution in [0.25, 0.3) is 0 Å². The van der Waals surface area contributed by atoms with Gasteiger partial charge in [-0.1, -0.05) is 34.0 Å². The summed E-state index contributed by atoms with van der Waals surface area (Å²) < 4.78 is 0. The van der Waals surface area contributed by atoms with Gasteiger partial charge in [-0.3, -0.25) is 0 Å². The van der Waals surface area contributed by atoms with Crippen LogP contribution in [0.4, 0.5) is 0 Å². The van der Waals surface area contributed by atoms with Crippen molar-refractivity contribution >= 4 is 32.5 Å². The van der Waals surface area contributed by atoms with Crippen LogP contribution in [0.1, 0.15) is 16.7 Å². The molecule has 0 amide bonds. The van der Waals surface area contributed by atoms with E-state index in [4.69, 9.17) is 0 Å². The van der Waals surface area contributed by atoms with E-state index in [1.54, 1.807) is 0 Å². The predicted molar refractivity (Wildman–Crippen MR) is 57.5 cm³/mol. The van der Waals surface area contributed by atoms with Gasteiger partial charge in [0.1, 0.15) is 0 Å². The van der Waals surface area contributed by atoms with Gasteiger partial charge in [0.25, 0.3) is 0 Å². The van der Waals surface area contributed by atoms with Gasteiger partial charge in [-0.05, 0) is 20.8 Å². The van der Waals surface area contributed by atoms with Gasteiger partial charge in [-0.2, -0.15) is 0 Å².